The molecule has 300 valence electrons. The third-order valence-electron chi connectivity index (χ3n) is 10.4. The zero-order valence-electron chi connectivity index (χ0n) is 34.0. The van der Waals surface area contributed by atoms with Gasteiger partial charge < -0.3 is 14.6 Å². The van der Waals surface area contributed by atoms with Crippen molar-refractivity contribution in [3.8, 4) is 22.9 Å². The number of fused-ring (bicyclic) bond motifs is 2. The Morgan fingerprint density at radius 1 is 0.567 bits per heavy atom. The molecule has 0 aliphatic carbocycles. The van der Waals surface area contributed by atoms with Crippen LogP contribution in [-0.2, 0) is 23.0 Å². The second-order valence-electron chi connectivity index (χ2n) is 14.9. The van der Waals surface area contributed by atoms with Crippen molar-refractivity contribution in [1.29, 1.82) is 0 Å². The van der Waals surface area contributed by atoms with E-state index in [1.165, 1.54) is 15.4 Å². The van der Waals surface area contributed by atoms with Gasteiger partial charge in [-0.2, -0.15) is 0 Å². The number of benzene rings is 5. The fraction of sp³-hybridized carbons (Fsp3) is 0.143. The summed E-state index contributed by atoms with van der Waals surface area (Å²) in [7, 11) is -3.89. The Bertz CT molecular complexity index is 3040. The highest BCUT2D eigenvalue weighted by Gasteiger charge is 2.26. The Balaban J connectivity index is 0.000000200. The summed E-state index contributed by atoms with van der Waals surface area (Å²) < 4.78 is 40.6. The van der Waals surface area contributed by atoms with Gasteiger partial charge in [-0.1, -0.05) is 77.4 Å². The molecule has 0 aliphatic heterocycles. The van der Waals surface area contributed by atoms with E-state index in [0.29, 0.717) is 39.6 Å². The molecule has 60 heavy (non-hydrogen) atoms. The lowest BCUT2D eigenvalue weighted by atomic mass is 10.0. The molecule has 9 aromatic rings. The highest BCUT2D eigenvalue weighted by molar-refractivity contribution is 7.92. The largest absolute Gasteiger partial charge is 0.463 e. The van der Waals surface area contributed by atoms with Gasteiger partial charge in [-0.3, -0.25) is 4.31 Å². The average molecular weight is 813 g/mol. The van der Waals surface area contributed by atoms with Crippen LogP contribution in [0.3, 0.4) is 0 Å². The summed E-state index contributed by atoms with van der Waals surface area (Å²) in [4.78, 5) is 19.2. The molecule has 11 heteroatoms. The van der Waals surface area contributed by atoms with Gasteiger partial charge in [0.1, 0.15) is 11.4 Å². The molecule has 0 saturated heterocycles. The molecular weight excluding hydrogens is 769 g/mol. The topological polar surface area (TPSA) is 141 Å². The van der Waals surface area contributed by atoms with Crippen molar-refractivity contribution < 1.29 is 17.3 Å². The van der Waals surface area contributed by atoms with Gasteiger partial charge in [0.15, 0.2) is 11.5 Å². The van der Waals surface area contributed by atoms with Crippen LogP contribution in [0.15, 0.2) is 154 Å². The van der Waals surface area contributed by atoms with Crippen molar-refractivity contribution in [2.24, 2.45) is 0 Å². The Morgan fingerprint density at radius 3 is 1.68 bits per heavy atom. The van der Waals surface area contributed by atoms with E-state index >= 15 is 0 Å². The molecule has 0 amide bonds. The number of rotatable bonds is 9. The average Bonchev–Trinajstić information content (AvgIpc) is 3.99. The minimum Gasteiger partial charge on any atom is -0.463 e. The molecule has 4 aromatic heterocycles. The van der Waals surface area contributed by atoms with Crippen LogP contribution in [-0.4, -0.2) is 28.4 Å². The Kier molecular flexibility index (Phi) is 11.0. The standard InChI is InChI=1S/C31H25N3O4S.C18H19N3/c1-21-7-11-23(12-8-21)20-34(39(35,36)25-14-9-22(2)10-15-25)24-13-16-26-27(19-24)33-31(29-6-4-18-38-29)30(32-26)28-5-3-17-37-28;1-11-4-6-14(7-5-11)10-15-16(19)8-9-17-18(15)21-13(3)12(2)20-17/h3-19H,20H2,1-2H3;4-9H,10,19H2,1-3H3. The predicted octanol–water partition coefficient (Wildman–Crippen LogP) is 10.9. The zero-order valence-corrected chi connectivity index (χ0v) is 34.9. The second-order valence-corrected chi connectivity index (χ2v) is 16.8. The first-order valence-electron chi connectivity index (χ1n) is 19.6. The maximum absolute atomic E-state index is 14.0. The molecule has 0 unspecified atom stereocenters. The van der Waals surface area contributed by atoms with Gasteiger partial charge in [0.2, 0.25) is 0 Å². The molecule has 0 fully saturated rings. The molecule has 0 bridgehead atoms. The second kappa shape index (κ2) is 16.6. The van der Waals surface area contributed by atoms with E-state index < -0.39 is 10.0 Å². The van der Waals surface area contributed by atoms with Gasteiger partial charge in [-0.15, -0.1) is 0 Å². The van der Waals surface area contributed by atoms with Gasteiger partial charge in [-0.05, 0) is 112 Å². The van der Waals surface area contributed by atoms with E-state index in [0.717, 1.165) is 56.8 Å². The summed E-state index contributed by atoms with van der Waals surface area (Å²) >= 11 is 0. The maximum Gasteiger partial charge on any atom is 0.264 e. The first-order valence-corrected chi connectivity index (χ1v) is 21.0. The van der Waals surface area contributed by atoms with E-state index in [-0.39, 0.29) is 11.4 Å². The highest BCUT2D eigenvalue weighted by atomic mass is 32.2. The number of sulfonamides is 1. The summed E-state index contributed by atoms with van der Waals surface area (Å²) in [5.74, 6) is 1.09. The van der Waals surface area contributed by atoms with Gasteiger partial charge in [0, 0.05) is 17.7 Å². The summed E-state index contributed by atoms with van der Waals surface area (Å²) in [5, 5.41) is 0. The normalized spacial score (nSPS) is 11.4. The van der Waals surface area contributed by atoms with Gasteiger partial charge in [0.25, 0.3) is 10.0 Å². The molecule has 0 saturated carbocycles. The van der Waals surface area contributed by atoms with Gasteiger partial charge in [-0.25, -0.2) is 28.4 Å². The molecule has 2 N–H and O–H groups in total. The number of furan rings is 2. The number of hydrogen-bond acceptors (Lipinski definition) is 9. The Hall–Kier alpha value is -7.11. The lowest BCUT2D eigenvalue weighted by Crippen LogP contribution is -2.30. The number of aryl methyl sites for hydroxylation is 5. The lowest BCUT2D eigenvalue weighted by molar-refractivity contribution is 0.572. The van der Waals surface area contributed by atoms with E-state index in [1.807, 2.05) is 70.2 Å². The molecule has 0 atom stereocenters. The van der Waals surface area contributed by atoms with Crippen LogP contribution in [0, 0.1) is 34.6 Å². The monoisotopic (exact) mass is 812 g/mol. The predicted molar refractivity (Wildman–Crippen MR) is 238 cm³/mol. The van der Waals surface area contributed by atoms with Crippen LogP contribution >= 0.6 is 0 Å². The maximum atomic E-state index is 14.0. The van der Waals surface area contributed by atoms with Crippen molar-refractivity contribution in [3.63, 3.8) is 0 Å². The van der Waals surface area contributed by atoms with Crippen LogP contribution < -0.4 is 10.0 Å². The number of hydrogen-bond donors (Lipinski definition) is 1. The number of nitrogens with zero attached hydrogens (tertiary/aromatic N) is 5. The van der Waals surface area contributed by atoms with E-state index in [9.17, 15) is 8.42 Å². The quantitative estimate of drug-likeness (QED) is 0.141. The number of aromatic nitrogens is 4. The molecule has 9 rings (SSSR count). The first kappa shape index (κ1) is 39.7. The SMILES string of the molecule is Cc1ccc(CN(c2ccc3nc(-c4ccco4)c(-c4ccco4)nc3c2)S(=O)(=O)c2ccc(C)cc2)cc1.Cc1ccc(Cc2c(N)ccc3nc(C)c(C)nc23)cc1. The fourth-order valence-corrected chi connectivity index (χ4v) is 8.29. The Labute approximate surface area is 349 Å². The fourth-order valence-electron chi connectivity index (χ4n) is 6.84. The molecule has 4 heterocycles. The van der Waals surface area contributed by atoms with Crippen molar-refractivity contribution >= 4 is 43.5 Å². The van der Waals surface area contributed by atoms with Gasteiger partial charge in [0.05, 0.1) is 63.1 Å². The number of anilines is 2. The van der Waals surface area contributed by atoms with E-state index in [2.05, 4.69) is 36.2 Å². The van der Waals surface area contributed by atoms with Crippen molar-refractivity contribution in [2.75, 3.05) is 10.0 Å². The first-order chi connectivity index (χ1) is 28.9. The third kappa shape index (κ3) is 8.39. The smallest absolute Gasteiger partial charge is 0.264 e. The lowest BCUT2D eigenvalue weighted by Gasteiger charge is -2.25. The van der Waals surface area contributed by atoms with Crippen LogP contribution in [0.4, 0.5) is 11.4 Å². The van der Waals surface area contributed by atoms with Crippen LogP contribution in [0.25, 0.3) is 45.0 Å². The summed E-state index contributed by atoms with van der Waals surface area (Å²) in [6.45, 7) is 10.1. The molecule has 0 aliphatic rings. The van der Waals surface area contributed by atoms with Crippen molar-refractivity contribution in [1.82, 2.24) is 19.9 Å². The highest BCUT2D eigenvalue weighted by Crippen LogP contribution is 2.34. The van der Waals surface area contributed by atoms with Crippen LogP contribution in [0.2, 0.25) is 0 Å². The summed E-state index contributed by atoms with van der Waals surface area (Å²) in [6.07, 6.45) is 3.93. The number of nitrogens with two attached hydrogens (primary N) is 1. The van der Waals surface area contributed by atoms with Gasteiger partial charge >= 0.3 is 0 Å². The van der Waals surface area contributed by atoms with Crippen LogP contribution in [0.5, 0.6) is 0 Å². The van der Waals surface area contributed by atoms with Crippen molar-refractivity contribution in [2.45, 2.75) is 52.5 Å². The van der Waals surface area contributed by atoms with E-state index in [1.54, 1.807) is 73.2 Å². The molecular formula is C49H44N6O4S. The van der Waals surface area contributed by atoms with Crippen LogP contribution in [0.1, 0.15) is 44.8 Å². The molecule has 10 nitrogen and oxygen atoms in total. The Morgan fingerprint density at radius 2 is 1.10 bits per heavy atom. The molecule has 0 radical (unpaired) electrons. The summed E-state index contributed by atoms with van der Waals surface area (Å²) in [5.41, 5.74) is 19.9. The third-order valence-corrected chi connectivity index (χ3v) is 12.2. The van der Waals surface area contributed by atoms with Crippen molar-refractivity contribution in [3.05, 3.63) is 185 Å². The summed E-state index contributed by atoms with van der Waals surface area (Å²) in [6, 6.07) is 39.6. The zero-order chi connectivity index (χ0) is 42.0. The molecule has 5 aromatic carbocycles. The molecule has 0 spiro atoms. The minimum absolute atomic E-state index is 0.158. The minimum atomic E-state index is -3.89. The number of nitrogen functional groups attached to an aromatic ring is 1. The van der Waals surface area contributed by atoms with E-state index in [4.69, 9.17) is 29.5 Å².